The number of methoxy groups -OCH3 is 1. The third-order valence-electron chi connectivity index (χ3n) is 4.56. The number of hydrogen-bond acceptors (Lipinski definition) is 4. The number of hydrogen-bond donors (Lipinski definition) is 0. The molecule has 0 unspecified atom stereocenters. The lowest BCUT2D eigenvalue weighted by Crippen LogP contribution is -2.01. The van der Waals surface area contributed by atoms with E-state index in [2.05, 4.69) is 40.1 Å². The van der Waals surface area contributed by atoms with E-state index in [0.29, 0.717) is 18.1 Å². The van der Waals surface area contributed by atoms with Gasteiger partial charge < -0.3 is 9.47 Å². The molecule has 0 aliphatic heterocycles. The van der Waals surface area contributed by atoms with E-state index >= 15 is 0 Å². The van der Waals surface area contributed by atoms with Gasteiger partial charge in [0.1, 0.15) is 11.4 Å². The minimum absolute atomic E-state index is 0.401. The Bertz CT molecular complexity index is 741. The van der Waals surface area contributed by atoms with Gasteiger partial charge in [-0.25, -0.2) is 9.78 Å². The summed E-state index contributed by atoms with van der Waals surface area (Å²) in [7, 11) is 1.36. The first kappa shape index (κ1) is 21.7. The van der Waals surface area contributed by atoms with Gasteiger partial charge in [0.2, 0.25) is 0 Å². The molecule has 0 atom stereocenters. The molecule has 2 aromatic rings. The van der Waals surface area contributed by atoms with E-state index in [0.717, 1.165) is 18.5 Å². The molecule has 0 fully saturated rings. The van der Waals surface area contributed by atoms with Crippen LogP contribution in [0.3, 0.4) is 0 Å². The number of carbonyl (C=O) groups excluding carboxylic acids is 1. The Morgan fingerprint density at radius 1 is 0.964 bits per heavy atom. The Labute approximate surface area is 168 Å². The largest absolute Gasteiger partial charge is 0.491 e. The molecule has 0 aliphatic carbocycles. The van der Waals surface area contributed by atoms with Gasteiger partial charge in [-0.2, -0.15) is 0 Å². The number of esters is 1. The van der Waals surface area contributed by atoms with Crippen LogP contribution in [0.2, 0.25) is 0 Å². The Morgan fingerprint density at radius 3 is 2.43 bits per heavy atom. The van der Waals surface area contributed by atoms with Crippen LogP contribution in [0.1, 0.15) is 55.5 Å². The van der Waals surface area contributed by atoms with Crippen molar-refractivity contribution in [2.75, 3.05) is 13.7 Å². The number of ether oxygens (including phenoxy) is 2. The summed E-state index contributed by atoms with van der Waals surface area (Å²) in [5.41, 5.74) is 2.97. The number of aromatic nitrogens is 1. The maximum atomic E-state index is 11.3. The summed E-state index contributed by atoms with van der Waals surface area (Å²) in [6.07, 6.45) is 11.4. The first-order valence-electron chi connectivity index (χ1n) is 10.1. The second kappa shape index (κ2) is 12.7. The molecule has 0 radical (unpaired) electrons. The molecule has 150 valence electrons. The van der Waals surface area contributed by atoms with E-state index in [-0.39, 0.29) is 0 Å². The van der Waals surface area contributed by atoms with Crippen LogP contribution in [0.25, 0.3) is 6.08 Å². The molecule has 4 heteroatoms. The monoisotopic (exact) mass is 381 g/mol. The van der Waals surface area contributed by atoms with E-state index in [1.807, 2.05) is 19.1 Å². The third kappa shape index (κ3) is 8.38. The van der Waals surface area contributed by atoms with Crippen molar-refractivity contribution in [3.05, 3.63) is 65.5 Å². The van der Waals surface area contributed by atoms with Gasteiger partial charge in [0, 0.05) is 11.8 Å². The highest BCUT2D eigenvalue weighted by atomic mass is 16.5. The summed E-state index contributed by atoms with van der Waals surface area (Å²) in [4.78, 5) is 15.7. The summed E-state index contributed by atoms with van der Waals surface area (Å²) in [6.45, 7) is 2.57. The van der Waals surface area contributed by atoms with E-state index in [1.165, 1.54) is 50.9 Å². The lowest BCUT2D eigenvalue weighted by Gasteiger charge is -2.09. The van der Waals surface area contributed by atoms with Crippen molar-refractivity contribution in [3.63, 3.8) is 0 Å². The molecule has 4 nitrogen and oxygen atoms in total. The van der Waals surface area contributed by atoms with E-state index in [4.69, 9.17) is 4.74 Å². The van der Waals surface area contributed by atoms with Crippen molar-refractivity contribution < 1.29 is 14.3 Å². The fourth-order valence-corrected chi connectivity index (χ4v) is 2.99. The molecule has 28 heavy (non-hydrogen) atoms. The number of unbranched alkanes of at least 4 members (excludes halogenated alkanes) is 5. The van der Waals surface area contributed by atoms with Crippen molar-refractivity contribution in [2.45, 2.75) is 51.9 Å². The number of rotatable bonds is 12. The highest BCUT2D eigenvalue weighted by Crippen LogP contribution is 2.19. The van der Waals surface area contributed by atoms with Crippen LogP contribution in [0, 0.1) is 6.92 Å². The molecule has 1 heterocycles. The number of nitrogens with zero attached hydrogens (tertiary/aromatic N) is 1. The standard InChI is InChI=1S/C24H31NO3/c1-20-15-17-23(22(25-20)16-18-24(26)27-2)28-19-11-6-4-3-5-8-12-21-13-9-7-10-14-21/h7,9-10,13-18H,3-6,8,11-12,19H2,1-2H3/b18-16+. The molecule has 0 aliphatic rings. The topological polar surface area (TPSA) is 48.4 Å². The molecular formula is C24H31NO3. The molecule has 0 saturated carbocycles. The predicted molar refractivity (Wildman–Crippen MR) is 113 cm³/mol. The van der Waals surface area contributed by atoms with Crippen molar-refractivity contribution in [2.24, 2.45) is 0 Å². The van der Waals surface area contributed by atoms with Crippen LogP contribution in [0.5, 0.6) is 5.75 Å². The summed E-state index contributed by atoms with van der Waals surface area (Å²) in [5.74, 6) is 0.301. The van der Waals surface area contributed by atoms with Crippen molar-refractivity contribution in [3.8, 4) is 5.75 Å². The van der Waals surface area contributed by atoms with E-state index in [1.54, 1.807) is 6.08 Å². The summed E-state index contributed by atoms with van der Waals surface area (Å²) in [6, 6.07) is 14.5. The fraction of sp³-hybridized carbons (Fsp3) is 0.417. The van der Waals surface area contributed by atoms with Crippen LogP contribution >= 0.6 is 0 Å². The second-order valence-electron chi connectivity index (χ2n) is 6.90. The van der Waals surface area contributed by atoms with Gasteiger partial charge in [0.25, 0.3) is 0 Å². The predicted octanol–water partition coefficient (Wildman–Crippen LogP) is 5.54. The second-order valence-corrected chi connectivity index (χ2v) is 6.90. The Kier molecular flexibility index (Phi) is 9.84. The molecule has 0 amide bonds. The van der Waals surface area contributed by atoms with Gasteiger partial charge in [0.15, 0.2) is 0 Å². The first-order chi connectivity index (χ1) is 13.7. The van der Waals surface area contributed by atoms with Crippen molar-refractivity contribution in [1.29, 1.82) is 0 Å². The average Bonchev–Trinajstić information content (AvgIpc) is 2.72. The molecule has 0 saturated heterocycles. The smallest absolute Gasteiger partial charge is 0.330 e. The molecule has 0 N–H and O–H groups in total. The quantitative estimate of drug-likeness (QED) is 0.275. The minimum atomic E-state index is -0.401. The lowest BCUT2D eigenvalue weighted by atomic mass is 10.1. The zero-order chi connectivity index (χ0) is 20.0. The van der Waals surface area contributed by atoms with Crippen LogP contribution in [0.15, 0.2) is 48.5 Å². The van der Waals surface area contributed by atoms with E-state index in [9.17, 15) is 4.79 Å². The summed E-state index contributed by atoms with van der Waals surface area (Å²) in [5, 5.41) is 0. The van der Waals surface area contributed by atoms with Gasteiger partial charge >= 0.3 is 5.97 Å². The highest BCUT2D eigenvalue weighted by molar-refractivity contribution is 5.87. The molecule has 0 bridgehead atoms. The number of aryl methyl sites for hydroxylation is 2. The normalized spacial score (nSPS) is 10.9. The number of carbonyl (C=O) groups is 1. The minimum Gasteiger partial charge on any atom is -0.491 e. The fourth-order valence-electron chi connectivity index (χ4n) is 2.99. The zero-order valence-corrected chi connectivity index (χ0v) is 17.0. The number of pyridine rings is 1. The maximum absolute atomic E-state index is 11.3. The van der Waals surface area contributed by atoms with Crippen LogP contribution < -0.4 is 4.74 Å². The average molecular weight is 382 g/mol. The van der Waals surface area contributed by atoms with Gasteiger partial charge in [-0.15, -0.1) is 0 Å². The molecule has 2 rings (SSSR count). The molecular weight excluding hydrogens is 350 g/mol. The Morgan fingerprint density at radius 2 is 1.68 bits per heavy atom. The molecule has 0 spiro atoms. The van der Waals surface area contributed by atoms with Crippen LogP contribution in [-0.4, -0.2) is 24.7 Å². The highest BCUT2D eigenvalue weighted by Gasteiger charge is 2.04. The Balaban J connectivity index is 1.61. The Hall–Kier alpha value is -2.62. The maximum Gasteiger partial charge on any atom is 0.330 e. The first-order valence-corrected chi connectivity index (χ1v) is 10.1. The SMILES string of the molecule is COC(=O)/C=C/c1nc(C)ccc1OCCCCCCCCc1ccccc1. The van der Waals surface area contributed by atoms with Gasteiger partial charge in [-0.3, -0.25) is 0 Å². The van der Waals surface area contributed by atoms with Crippen molar-refractivity contribution >= 4 is 12.0 Å². The molecule has 1 aromatic heterocycles. The summed E-state index contributed by atoms with van der Waals surface area (Å²) >= 11 is 0. The summed E-state index contributed by atoms with van der Waals surface area (Å²) < 4.78 is 10.5. The van der Waals surface area contributed by atoms with E-state index < -0.39 is 5.97 Å². The van der Waals surface area contributed by atoms with Crippen LogP contribution in [0.4, 0.5) is 0 Å². The lowest BCUT2D eigenvalue weighted by molar-refractivity contribution is -0.134. The van der Waals surface area contributed by atoms with Crippen LogP contribution in [-0.2, 0) is 16.0 Å². The zero-order valence-electron chi connectivity index (χ0n) is 17.0. The molecule has 1 aromatic carbocycles. The van der Waals surface area contributed by atoms with Gasteiger partial charge in [-0.1, -0.05) is 56.0 Å². The van der Waals surface area contributed by atoms with Crippen molar-refractivity contribution in [1.82, 2.24) is 4.98 Å². The number of benzene rings is 1. The third-order valence-corrected chi connectivity index (χ3v) is 4.56. The van der Waals surface area contributed by atoms with Gasteiger partial charge in [0.05, 0.1) is 13.7 Å². The van der Waals surface area contributed by atoms with Gasteiger partial charge in [-0.05, 0) is 50.0 Å².